The van der Waals surface area contributed by atoms with Gasteiger partial charge < -0.3 is 14.7 Å². The van der Waals surface area contributed by atoms with Crippen LogP contribution in [0.15, 0.2) is 42.7 Å². The Morgan fingerprint density at radius 1 is 1.00 bits per heavy atom. The molecule has 5 aliphatic rings. The average Bonchev–Trinajstić information content (AvgIpc) is 2.88. The highest BCUT2D eigenvalue weighted by atomic mass is 19.1. The first-order valence-corrected chi connectivity index (χ1v) is 12.4. The van der Waals surface area contributed by atoms with Crippen LogP contribution in [0.4, 0.5) is 8.78 Å². The zero-order chi connectivity index (χ0) is 25.9. The zero-order valence-electron chi connectivity index (χ0n) is 20.3. The number of amides is 1. The van der Waals surface area contributed by atoms with Crippen LogP contribution in [0, 0.1) is 11.6 Å². The molecule has 192 valence electrons. The van der Waals surface area contributed by atoms with Crippen LogP contribution in [0.2, 0.25) is 0 Å². The van der Waals surface area contributed by atoms with Crippen LogP contribution in [0.5, 0.6) is 6.01 Å². The number of aromatic nitrogens is 2. The van der Waals surface area contributed by atoms with Gasteiger partial charge in [-0.2, -0.15) is 0 Å². The van der Waals surface area contributed by atoms with Crippen molar-refractivity contribution in [2.75, 3.05) is 13.2 Å². The van der Waals surface area contributed by atoms with E-state index in [2.05, 4.69) is 9.97 Å². The number of carboxylic acids is 1. The van der Waals surface area contributed by atoms with Crippen molar-refractivity contribution >= 4 is 11.9 Å². The zero-order valence-corrected chi connectivity index (χ0v) is 20.3. The molecule has 0 spiro atoms. The van der Waals surface area contributed by atoms with Gasteiger partial charge in [-0.05, 0) is 72.1 Å². The molecule has 0 saturated heterocycles. The van der Waals surface area contributed by atoms with E-state index in [1.807, 2.05) is 18.2 Å². The highest BCUT2D eigenvalue weighted by Crippen LogP contribution is 2.32. The molecule has 5 aliphatic heterocycles. The summed E-state index contributed by atoms with van der Waals surface area (Å²) >= 11 is 0. The molecule has 7 bridgehead atoms. The molecule has 37 heavy (non-hydrogen) atoms. The molecule has 0 fully saturated rings. The van der Waals surface area contributed by atoms with Gasteiger partial charge in [0.25, 0.3) is 5.91 Å². The van der Waals surface area contributed by atoms with Crippen molar-refractivity contribution in [1.82, 2.24) is 14.9 Å². The molecule has 8 rings (SSSR count). The lowest BCUT2D eigenvalue weighted by atomic mass is 9.87. The average molecular weight is 508 g/mol. The van der Waals surface area contributed by atoms with Crippen LogP contribution in [-0.2, 0) is 24.2 Å². The van der Waals surface area contributed by atoms with Crippen LogP contribution < -0.4 is 4.74 Å². The standard InChI is InChI=1S/C28H27F2N3O4/c29-23-10-17-4-2-1-3-9-37-28-31-14-21(15-32-28)22(13-25(34)35)19-6-5-18-7-8-33(16-20(18)12-19)27(36)26(23)24(30)11-17/h5-6,10-12,14-15,22H,1-4,7-9,13,16H2,(H,34,35). The number of rotatable bonds is 2. The van der Waals surface area contributed by atoms with E-state index in [0.717, 1.165) is 23.1 Å². The van der Waals surface area contributed by atoms with E-state index in [1.165, 1.54) is 17.0 Å². The highest BCUT2D eigenvalue weighted by molar-refractivity contribution is 5.95. The second-order valence-corrected chi connectivity index (χ2v) is 9.55. The van der Waals surface area contributed by atoms with Crippen molar-refractivity contribution in [3.63, 3.8) is 0 Å². The molecule has 1 unspecified atom stereocenters. The number of hydrogen-bond acceptors (Lipinski definition) is 5. The van der Waals surface area contributed by atoms with Crippen LogP contribution in [0.25, 0.3) is 0 Å². The van der Waals surface area contributed by atoms with Gasteiger partial charge in [-0.25, -0.2) is 18.7 Å². The maximum absolute atomic E-state index is 14.9. The number of carboxylic acid groups (broad SMARTS) is 1. The fourth-order valence-electron chi connectivity index (χ4n) is 5.05. The second kappa shape index (κ2) is 10.6. The van der Waals surface area contributed by atoms with Crippen LogP contribution in [0.3, 0.4) is 0 Å². The van der Waals surface area contributed by atoms with Crippen molar-refractivity contribution in [3.8, 4) is 6.01 Å². The summed E-state index contributed by atoms with van der Waals surface area (Å²) in [4.78, 5) is 34.9. The van der Waals surface area contributed by atoms with E-state index >= 15 is 0 Å². The Bertz CT molecular complexity index is 1310. The summed E-state index contributed by atoms with van der Waals surface area (Å²) in [6, 6.07) is 8.37. The van der Waals surface area contributed by atoms with E-state index in [-0.39, 0.29) is 19.0 Å². The summed E-state index contributed by atoms with van der Waals surface area (Å²) in [6.07, 6.45) is 6.19. The number of hydrogen-bond donors (Lipinski definition) is 1. The van der Waals surface area contributed by atoms with Gasteiger partial charge in [0.15, 0.2) is 0 Å². The minimum Gasteiger partial charge on any atom is -0.481 e. The Morgan fingerprint density at radius 3 is 2.49 bits per heavy atom. The van der Waals surface area contributed by atoms with E-state index in [4.69, 9.17) is 4.74 Å². The van der Waals surface area contributed by atoms with Gasteiger partial charge in [0.1, 0.15) is 17.2 Å². The van der Waals surface area contributed by atoms with E-state index in [9.17, 15) is 23.5 Å². The number of benzene rings is 2. The first-order valence-electron chi connectivity index (χ1n) is 12.4. The fourth-order valence-corrected chi connectivity index (χ4v) is 5.05. The van der Waals surface area contributed by atoms with Gasteiger partial charge in [0.2, 0.25) is 0 Å². The summed E-state index contributed by atoms with van der Waals surface area (Å²) in [7, 11) is 0. The summed E-state index contributed by atoms with van der Waals surface area (Å²) in [5.41, 5.74) is 3.17. The Kier molecular flexibility index (Phi) is 7.12. The Hall–Kier alpha value is -3.88. The minimum absolute atomic E-state index is 0.172. The molecule has 0 radical (unpaired) electrons. The predicted octanol–water partition coefficient (Wildman–Crippen LogP) is 4.67. The Balaban J connectivity index is 1.53. The molecule has 7 nitrogen and oxygen atoms in total. The molecule has 6 heterocycles. The maximum Gasteiger partial charge on any atom is 0.316 e. The SMILES string of the molecule is O=C(O)CC1c2cnc(nc2)OCCCCCc2cc(F)c(c(F)c2)C(=O)N2CCc3ccc1cc3C2. The summed E-state index contributed by atoms with van der Waals surface area (Å²) in [6.45, 7) is 0.889. The molecule has 0 aliphatic carbocycles. The third-order valence-electron chi connectivity index (χ3n) is 7.02. The van der Waals surface area contributed by atoms with Crippen molar-refractivity contribution in [2.45, 2.75) is 51.0 Å². The number of carbonyl (C=O) groups is 2. The maximum atomic E-state index is 14.9. The molecule has 1 amide bonds. The molecule has 1 N–H and O–H groups in total. The smallest absolute Gasteiger partial charge is 0.316 e. The highest BCUT2D eigenvalue weighted by Gasteiger charge is 2.28. The van der Waals surface area contributed by atoms with Crippen molar-refractivity contribution in [1.29, 1.82) is 0 Å². The minimum atomic E-state index is -0.972. The van der Waals surface area contributed by atoms with E-state index < -0.39 is 35.0 Å². The summed E-state index contributed by atoms with van der Waals surface area (Å²) < 4.78 is 35.5. The predicted molar refractivity (Wildman–Crippen MR) is 130 cm³/mol. The van der Waals surface area contributed by atoms with Gasteiger partial charge in [0.05, 0.1) is 13.0 Å². The van der Waals surface area contributed by atoms with E-state index in [0.29, 0.717) is 50.0 Å². The molecule has 0 saturated carbocycles. The fraction of sp³-hybridized carbons (Fsp3) is 0.357. The molecular weight excluding hydrogens is 480 g/mol. The van der Waals surface area contributed by atoms with Crippen LogP contribution in [-0.4, -0.2) is 45.0 Å². The molecule has 9 heteroatoms. The Labute approximate surface area is 213 Å². The number of carbonyl (C=O) groups excluding carboxylic acids is 1. The van der Waals surface area contributed by atoms with Crippen LogP contribution in [0.1, 0.15) is 69.8 Å². The quantitative estimate of drug-likeness (QED) is 0.542. The number of nitrogens with zero attached hydrogens (tertiary/aromatic N) is 3. The molecule has 3 aromatic rings. The van der Waals surface area contributed by atoms with Gasteiger partial charge in [-0.1, -0.05) is 18.2 Å². The lowest BCUT2D eigenvalue weighted by Crippen LogP contribution is -2.37. The number of ether oxygens (including phenoxy) is 1. The van der Waals surface area contributed by atoms with E-state index in [1.54, 1.807) is 12.4 Å². The largest absolute Gasteiger partial charge is 0.481 e. The van der Waals surface area contributed by atoms with Gasteiger partial charge >= 0.3 is 12.0 Å². The monoisotopic (exact) mass is 507 g/mol. The third kappa shape index (κ3) is 5.45. The lowest BCUT2D eigenvalue weighted by Gasteiger charge is -2.30. The second-order valence-electron chi connectivity index (χ2n) is 9.55. The van der Waals surface area contributed by atoms with Crippen LogP contribution >= 0.6 is 0 Å². The van der Waals surface area contributed by atoms with Crippen molar-refractivity contribution in [2.24, 2.45) is 0 Å². The number of aliphatic carboxylic acids is 1. The van der Waals surface area contributed by atoms with Crippen molar-refractivity contribution < 1.29 is 28.2 Å². The normalized spacial score (nSPS) is 17.9. The first kappa shape index (κ1) is 24.8. The lowest BCUT2D eigenvalue weighted by molar-refractivity contribution is -0.137. The molecule has 1 aromatic heterocycles. The molecule has 1 atom stereocenters. The molecule has 2 aromatic carbocycles. The summed E-state index contributed by atoms with van der Waals surface area (Å²) in [5.74, 6) is -3.88. The number of halogens is 2. The van der Waals surface area contributed by atoms with Gasteiger partial charge in [0, 0.05) is 31.4 Å². The third-order valence-corrected chi connectivity index (χ3v) is 7.02. The van der Waals surface area contributed by atoms with Crippen molar-refractivity contribution in [3.05, 3.63) is 87.7 Å². The van der Waals surface area contributed by atoms with Gasteiger partial charge in [-0.3, -0.25) is 9.59 Å². The number of aryl methyl sites for hydroxylation is 1. The summed E-state index contributed by atoms with van der Waals surface area (Å²) in [5, 5.41) is 9.57. The first-order chi connectivity index (χ1) is 17.9. The van der Waals surface area contributed by atoms with Gasteiger partial charge in [-0.15, -0.1) is 0 Å². The Morgan fingerprint density at radius 2 is 1.76 bits per heavy atom. The topological polar surface area (TPSA) is 92.6 Å². The molecular formula is C28H27F2N3O4.